The molecule has 1 heterocycles. The lowest BCUT2D eigenvalue weighted by Gasteiger charge is -2.20. The van der Waals surface area contributed by atoms with Gasteiger partial charge in [-0.1, -0.05) is 19.3 Å². The number of aromatic nitrogens is 3. The van der Waals surface area contributed by atoms with Gasteiger partial charge in [-0.05, 0) is 12.8 Å². The summed E-state index contributed by atoms with van der Waals surface area (Å²) in [7, 11) is 1.77. The maximum atomic E-state index is 11.8. The predicted octanol–water partition coefficient (Wildman–Crippen LogP) is 1.33. The Morgan fingerprint density at radius 2 is 2.20 bits per heavy atom. The first-order valence-corrected chi connectivity index (χ1v) is 5.42. The molecule has 1 aromatic heterocycles. The molecule has 1 aromatic rings. The SMILES string of the molecule is Cn1ncnc1NC(=O)C1CCCCC1. The molecule has 1 aliphatic carbocycles. The smallest absolute Gasteiger partial charge is 0.229 e. The molecule has 5 heteroatoms. The van der Waals surface area contributed by atoms with Gasteiger partial charge in [0.15, 0.2) is 0 Å². The number of rotatable bonds is 2. The highest BCUT2D eigenvalue weighted by Crippen LogP contribution is 2.24. The molecule has 82 valence electrons. The van der Waals surface area contributed by atoms with E-state index >= 15 is 0 Å². The lowest BCUT2D eigenvalue weighted by atomic mass is 9.89. The van der Waals surface area contributed by atoms with E-state index in [1.807, 2.05) is 0 Å². The summed E-state index contributed by atoms with van der Waals surface area (Å²) in [5.41, 5.74) is 0. The van der Waals surface area contributed by atoms with E-state index in [2.05, 4.69) is 15.4 Å². The number of anilines is 1. The molecule has 1 aliphatic rings. The fourth-order valence-corrected chi connectivity index (χ4v) is 1.99. The van der Waals surface area contributed by atoms with Crippen molar-refractivity contribution in [3.63, 3.8) is 0 Å². The molecule has 0 aromatic carbocycles. The molecule has 1 fully saturated rings. The van der Waals surface area contributed by atoms with Crippen molar-refractivity contribution in [2.45, 2.75) is 32.1 Å². The number of hydrogen-bond acceptors (Lipinski definition) is 3. The van der Waals surface area contributed by atoms with Crippen LogP contribution in [0.2, 0.25) is 0 Å². The first kappa shape index (κ1) is 10.1. The van der Waals surface area contributed by atoms with E-state index in [0.29, 0.717) is 5.95 Å². The van der Waals surface area contributed by atoms with Crippen LogP contribution in [-0.4, -0.2) is 20.7 Å². The van der Waals surface area contributed by atoms with Crippen molar-refractivity contribution in [1.82, 2.24) is 14.8 Å². The minimum Gasteiger partial charge on any atom is -0.295 e. The van der Waals surface area contributed by atoms with Gasteiger partial charge in [-0.15, -0.1) is 0 Å². The second-order valence-corrected chi connectivity index (χ2v) is 4.03. The standard InChI is InChI=1S/C10H16N4O/c1-14-10(11-7-12-14)13-9(15)8-5-3-2-4-6-8/h7-8H,2-6H2,1H3,(H,11,12,13,15). The van der Waals surface area contributed by atoms with Crippen LogP contribution in [0.1, 0.15) is 32.1 Å². The van der Waals surface area contributed by atoms with Crippen molar-refractivity contribution >= 4 is 11.9 Å². The van der Waals surface area contributed by atoms with Crippen molar-refractivity contribution in [2.75, 3.05) is 5.32 Å². The fraction of sp³-hybridized carbons (Fsp3) is 0.700. The third kappa shape index (κ3) is 2.34. The average molecular weight is 208 g/mol. The lowest BCUT2D eigenvalue weighted by molar-refractivity contribution is -0.120. The van der Waals surface area contributed by atoms with Crippen molar-refractivity contribution in [1.29, 1.82) is 0 Å². The average Bonchev–Trinajstić information content (AvgIpc) is 2.66. The quantitative estimate of drug-likeness (QED) is 0.797. The van der Waals surface area contributed by atoms with E-state index in [1.165, 1.54) is 12.7 Å². The van der Waals surface area contributed by atoms with Crippen LogP contribution in [0.3, 0.4) is 0 Å². The van der Waals surface area contributed by atoms with Gasteiger partial charge in [-0.3, -0.25) is 10.1 Å². The Morgan fingerprint density at radius 1 is 1.47 bits per heavy atom. The molecular formula is C10H16N4O. The molecule has 0 aliphatic heterocycles. The van der Waals surface area contributed by atoms with E-state index < -0.39 is 0 Å². The maximum absolute atomic E-state index is 11.8. The van der Waals surface area contributed by atoms with E-state index in [4.69, 9.17) is 0 Å². The summed E-state index contributed by atoms with van der Waals surface area (Å²) in [6.07, 6.45) is 7.03. The number of carbonyl (C=O) groups excluding carboxylic acids is 1. The summed E-state index contributed by atoms with van der Waals surface area (Å²) >= 11 is 0. The number of nitrogens with one attached hydrogen (secondary N) is 1. The molecule has 1 N–H and O–H groups in total. The molecule has 0 saturated heterocycles. The summed E-state index contributed by atoms with van der Waals surface area (Å²) in [5.74, 6) is 0.784. The van der Waals surface area contributed by atoms with Crippen molar-refractivity contribution < 1.29 is 4.79 Å². The van der Waals surface area contributed by atoms with Crippen LogP contribution >= 0.6 is 0 Å². The van der Waals surface area contributed by atoms with E-state index in [0.717, 1.165) is 25.7 Å². The first-order valence-electron chi connectivity index (χ1n) is 5.42. The summed E-state index contributed by atoms with van der Waals surface area (Å²) in [4.78, 5) is 15.8. The van der Waals surface area contributed by atoms with Crippen LogP contribution in [0.5, 0.6) is 0 Å². The van der Waals surface area contributed by atoms with Crippen molar-refractivity contribution in [2.24, 2.45) is 13.0 Å². The Hall–Kier alpha value is -1.39. The van der Waals surface area contributed by atoms with E-state index in [1.54, 1.807) is 11.7 Å². The zero-order chi connectivity index (χ0) is 10.7. The summed E-state index contributed by atoms with van der Waals surface area (Å²) in [6, 6.07) is 0. The van der Waals surface area contributed by atoms with Crippen LogP contribution in [0.4, 0.5) is 5.95 Å². The predicted molar refractivity (Wildman–Crippen MR) is 56.2 cm³/mol. The summed E-state index contributed by atoms with van der Waals surface area (Å²) in [5, 5.41) is 6.72. The minimum absolute atomic E-state index is 0.0887. The van der Waals surface area contributed by atoms with Gasteiger partial charge in [0.2, 0.25) is 11.9 Å². The Balaban J connectivity index is 1.94. The fourth-order valence-electron chi connectivity index (χ4n) is 1.99. The maximum Gasteiger partial charge on any atom is 0.229 e. The van der Waals surface area contributed by atoms with Gasteiger partial charge in [0, 0.05) is 13.0 Å². The van der Waals surface area contributed by atoms with Crippen LogP contribution in [-0.2, 0) is 11.8 Å². The van der Waals surface area contributed by atoms with Crippen LogP contribution < -0.4 is 5.32 Å². The first-order chi connectivity index (χ1) is 7.27. The van der Waals surface area contributed by atoms with E-state index in [-0.39, 0.29) is 11.8 Å². The number of hydrogen-bond donors (Lipinski definition) is 1. The normalized spacial score (nSPS) is 17.7. The molecule has 0 unspecified atom stereocenters. The van der Waals surface area contributed by atoms with Crippen molar-refractivity contribution in [3.05, 3.63) is 6.33 Å². The second kappa shape index (κ2) is 4.42. The number of amides is 1. The molecule has 0 bridgehead atoms. The molecule has 1 saturated carbocycles. The third-order valence-electron chi connectivity index (χ3n) is 2.92. The highest BCUT2D eigenvalue weighted by Gasteiger charge is 2.21. The Bertz CT molecular complexity index is 341. The van der Waals surface area contributed by atoms with Gasteiger partial charge in [0.25, 0.3) is 0 Å². The molecule has 1 amide bonds. The van der Waals surface area contributed by atoms with Crippen molar-refractivity contribution in [3.8, 4) is 0 Å². The van der Waals surface area contributed by atoms with Gasteiger partial charge in [0.1, 0.15) is 6.33 Å². The molecule has 15 heavy (non-hydrogen) atoms. The Morgan fingerprint density at radius 3 is 2.80 bits per heavy atom. The molecule has 0 atom stereocenters. The molecule has 2 rings (SSSR count). The van der Waals surface area contributed by atoms with Gasteiger partial charge in [0.05, 0.1) is 0 Å². The minimum atomic E-state index is 0.0887. The monoisotopic (exact) mass is 208 g/mol. The lowest BCUT2D eigenvalue weighted by Crippen LogP contribution is -2.26. The zero-order valence-electron chi connectivity index (χ0n) is 8.94. The highest BCUT2D eigenvalue weighted by molar-refractivity contribution is 5.90. The summed E-state index contributed by atoms with van der Waals surface area (Å²) < 4.78 is 1.57. The van der Waals surface area contributed by atoms with Crippen LogP contribution in [0.25, 0.3) is 0 Å². The number of nitrogens with zero attached hydrogens (tertiary/aromatic N) is 3. The Labute approximate surface area is 88.9 Å². The number of carbonyl (C=O) groups is 1. The van der Waals surface area contributed by atoms with Gasteiger partial charge in [-0.25, -0.2) is 4.68 Å². The third-order valence-corrected chi connectivity index (χ3v) is 2.92. The topological polar surface area (TPSA) is 59.8 Å². The van der Waals surface area contributed by atoms with Gasteiger partial charge < -0.3 is 0 Å². The molecule has 0 spiro atoms. The van der Waals surface area contributed by atoms with Gasteiger partial charge >= 0.3 is 0 Å². The molecule has 5 nitrogen and oxygen atoms in total. The zero-order valence-corrected chi connectivity index (χ0v) is 8.94. The van der Waals surface area contributed by atoms with E-state index in [9.17, 15) is 4.79 Å². The highest BCUT2D eigenvalue weighted by atomic mass is 16.2. The Kier molecular flexibility index (Phi) is 2.99. The molecule has 0 radical (unpaired) electrons. The second-order valence-electron chi connectivity index (χ2n) is 4.03. The number of aryl methyl sites for hydroxylation is 1. The van der Waals surface area contributed by atoms with Gasteiger partial charge in [-0.2, -0.15) is 10.1 Å². The molecular weight excluding hydrogens is 192 g/mol. The largest absolute Gasteiger partial charge is 0.295 e. The summed E-state index contributed by atoms with van der Waals surface area (Å²) in [6.45, 7) is 0. The van der Waals surface area contributed by atoms with Crippen LogP contribution in [0, 0.1) is 5.92 Å². The van der Waals surface area contributed by atoms with Crippen LogP contribution in [0.15, 0.2) is 6.33 Å².